The third-order valence-corrected chi connectivity index (χ3v) is 2.29. The van der Waals surface area contributed by atoms with Crippen molar-refractivity contribution >= 4 is 11.9 Å². The van der Waals surface area contributed by atoms with E-state index in [1.165, 1.54) is 7.11 Å². The van der Waals surface area contributed by atoms with Crippen molar-refractivity contribution in [2.75, 3.05) is 7.11 Å². The Morgan fingerprint density at radius 1 is 1.50 bits per heavy atom. The van der Waals surface area contributed by atoms with E-state index in [1.807, 2.05) is 0 Å². The predicted molar refractivity (Wildman–Crippen MR) is 51.8 cm³/mol. The van der Waals surface area contributed by atoms with E-state index < -0.39 is 17.4 Å². The topological polar surface area (TPSA) is 63.6 Å². The van der Waals surface area contributed by atoms with E-state index in [1.54, 1.807) is 26.0 Å². The van der Waals surface area contributed by atoms with Crippen LogP contribution in [-0.4, -0.2) is 24.2 Å². The highest BCUT2D eigenvalue weighted by Gasteiger charge is 2.44. The van der Waals surface area contributed by atoms with E-state index in [4.69, 9.17) is 5.11 Å². The second-order valence-electron chi connectivity index (χ2n) is 3.01. The molecule has 4 heteroatoms. The summed E-state index contributed by atoms with van der Waals surface area (Å²) >= 11 is 0. The summed E-state index contributed by atoms with van der Waals surface area (Å²) in [6, 6.07) is 0. The molecule has 4 nitrogen and oxygen atoms in total. The Morgan fingerprint density at radius 2 is 2.07 bits per heavy atom. The first-order valence-electron chi connectivity index (χ1n) is 4.48. The molecule has 1 atom stereocenters. The molecular formula is C10H16O4. The Balaban J connectivity index is 4.97. The smallest absolute Gasteiger partial charge is 0.323 e. The van der Waals surface area contributed by atoms with Crippen LogP contribution < -0.4 is 0 Å². The summed E-state index contributed by atoms with van der Waals surface area (Å²) in [7, 11) is 1.20. The lowest BCUT2D eigenvalue weighted by molar-refractivity contribution is -0.167. The Labute approximate surface area is 83.6 Å². The molecule has 0 saturated carbocycles. The maximum absolute atomic E-state index is 11.4. The quantitative estimate of drug-likeness (QED) is 0.416. The van der Waals surface area contributed by atoms with Gasteiger partial charge in [0, 0.05) is 0 Å². The number of carboxylic acids is 1. The molecule has 1 N–H and O–H groups in total. The van der Waals surface area contributed by atoms with Crippen LogP contribution in [0.15, 0.2) is 12.2 Å². The van der Waals surface area contributed by atoms with Crippen LogP contribution in [0.5, 0.6) is 0 Å². The van der Waals surface area contributed by atoms with E-state index in [0.29, 0.717) is 0 Å². The van der Waals surface area contributed by atoms with Crippen molar-refractivity contribution in [3.63, 3.8) is 0 Å². The first-order valence-corrected chi connectivity index (χ1v) is 4.48. The van der Waals surface area contributed by atoms with E-state index in [2.05, 4.69) is 4.74 Å². The molecule has 80 valence electrons. The zero-order valence-corrected chi connectivity index (χ0v) is 8.74. The molecule has 0 saturated heterocycles. The van der Waals surface area contributed by atoms with Gasteiger partial charge < -0.3 is 9.84 Å². The predicted octanol–water partition coefficient (Wildman–Crippen LogP) is 1.61. The Morgan fingerprint density at radius 3 is 2.36 bits per heavy atom. The third kappa shape index (κ3) is 2.34. The summed E-state index contributed by atoms with van der Waals surface area (Å²) in [4.78, 5) is 22.4. The lowest BCUT2D eigenvalue weighted by Gasteiger charge is -2.23. The van der Waals surface area contributed by atoms with E-state index in [-0.39, 0.29) is 12.8 Å². The second-order valence-corrected chi connectivity index (χ2v) is 3.01. The molecule has 14 heavy (non-hydrogen) atoms. The highest BCUT2D eigenvalue weighted by Crippen LogP contribution is 2.29. The van der Waals surface area contributed by atoms with E-state index in [0.717, 1.165) is 0 Å². The average molecular weight is 200 g/mol. The van der Waals surface area contributed by atoms with Crippen molar-refractivity contribution in [2.24, 2.45) is 5.41 Å². The number of allylic oxidation sites excluding steroid dienone is 2. The molecule has 0 rings (SSSR count). The summed E-state index contributed by atoms with van der Waals surface area (Å²) < 4.78 is 4.51. The highest BCUT2D eigenvalue weighted by molar-refractivity contribution is 5.99. The van der Waals surface area contributed by atoms with Gasteiger partial charge in [-0.25, -0.2) is 0 Å². The van der Waals surface area contributed by atoms with Gasteiger partial charge >= 0.3 is 11.9 Å². The number of esters is 1. The van der Waals surface area contributed by atoms with E-state index in [9.17, 15) is 9.59 Å². The van der Waals surface area contributed by atoms with Crippen molar-refractivity contribution in [3.05, 3.63) is 12.2 Å². The normalized spacial score (nSPS) is 15.1. The molecule has 0 aliphatic rings. The molecule has 0 fully saturated rings. The van der Waals surface area contributed by atoms with Gasteiger partial charge in [0.25, 0.3) is 0 Å². The standard InChI is InChI=1S/C10H16O4/c1-4-6-7-10(5-2,8(11)12)9(13)14-3/h4,6H,5,7H2,1-3H3,(H,11,12)/b6-4+/t10-/m1/s1. The molecule has 0 aliphatic carbocycles. The summed E-state index contributed by atoms with van der Waals surface area (Å²) in [5, 5.41) is 9.02. The molecule has 0 aromatic rings. The molecule has 0 aliphatic heterocycles. The number of methoxy groups -OCH3 is 1. The zero-order valence-electron chi connectivity index (χ0n) is 8.74. The molecule has 0 aromatic carbocycles. The fourth-order valence-electron chi connectivity index (χ4n) is 1.21. The first kappa shape index (κ1) is 12.7. The van der Waals surface area contributed by atoms with Gasteiger partial charge in [-0.3, -0.25) is 9.59 Å². The lowest BCUT2D eigenvalue weighted by atomic mass is 9.81. The monoisotopic (exact) mass is 200 g/mol. The summed E-state index contributed by atoms with van der Waals surface area (Å²) in [5.41, 5.74) is -1.43. The maximum atomic E-state index is 11.4. The van der Waals surface area contributed by atoms with Gasteiger partial charge in [-0.1, -0.05) is 19.1 Å². The SMILES string of the molecule is C/C=C/C[C@](CC)(C(=O)O)C(=O)OC. The average Bonchev–Trinajstić information content (AvgIpc) is 2.18. The maximum Gasteiger partial charge on any atom is 0.323 e. The van der Waals surface area contributed by atoms with Crippen LogP contribution in [0, 0.1) is 5.41 Å². The number of carboxylic acid groups (broad SMARTS) is 1. The molecule has 0 unspecified atom stereocenters. The van der Waals surface area contributed by atoms with Crippen molar-refractivity contribution in [3.8, 4) is 0 Å². The highest BCUT2D eigenvalue weighted by atomic mass is 16.5. The largest absolute Gasteiger partial charge is 0.480 e. The van der Waals surface area contributed by atoms with Crippen LogP contribution in [0.25, 0.3) is 0 Å². The van der Waals surface area contributed by atoms with E-state index >= 15 is 0 Å². The van der Waals surface area contributed by atoms with Crippen molar-refractivity contribution < 1.29 is 19.4 Å². The summed E-state index contributed by atoms with van der Waals surface area (Å²) in [5.74, 6) is -1.82. The number of carbonyl (C=O) groups is 2. The second kappa shape index (κ2) is 5.42. The van der Waals surface area contributed by atoms with Crippen LogP contribution >= 0.6 is 0 Å². The summed E-state index contributed by atoms with van der Waals surface area (Å²) in [6.45, 7) is 3.44. The van der Waals surface area contributed by atoms with Crippen LogP contribution in [0.1, 0.15) is 26.7 Å². The van der Waals surface area contributed by atoms with Crippen LogP contribution in [0.3, 0.4) is 0 Å². The van der Waals surface area contributed by atoms with Gasteiger partial charge in [-0.15, -0.1) is 0 Å². The molecule has 0 radical (unpaired) electrons. The van der Waals surface area contributed by atoms with Crippen LogP contribution in [0.2, 0.25) is 0 Å². The number of rotatable bonds is 5. The zero-order chi connectivity index (χ0) is 11.2. The number of carbonyl (C=O) groups excluding carboxylic acids is 1. The molecule has 0 heterocycles. The molecular weight excluding hydrogens is 184 g/mol. The summed E-state index contributed by atoms with van der Waals surface area (Å²) in [6.07, 6.45) is 3.77. The fraction of sp³-hybridized carbons (Fsp3) is 0.600. The molecule has 0 amide bonds. The van der Waals surface area contributed by atoms with Gasteiger partial charge in [0.15, 0.2) is 5.41 Å². The Hall–Kier alpha value is -1.32. The number of hydrogen-bond donors (Lipinski definition) is 1. The molecule has 0 spiro atoms. The molecule has 0 bridgehead atoms. The minimum absolute atomic E-state index is 0.169. The van der Waals surface area contributed by atoms with Crippen molar-refractivity contribution in [1.82, 2.24) is 0 Å². The van der Waals surface area contributed by atoms with Gasteiger partial charge in [0.2, 0.25) is 0 Å². The number of hydrogen-bond acceptors (Lipinski definition) is 3. The molecule has 0 aromatic heterocycles. The van der Waals surface area contributed by atoms with Gasteiger partial charge in [-0.05, 0) is 19.8 Å². The number of ether oxygens (including phenoxy) is 1. The van der Waals surface area contributed by atoms with Gasteiger partial charge in [0.05, 0.1) is 7.11 Å². The Bertz CT molecular complexity index is 245. The van der Waals surface area contributed by atoms with Gasteiger partial charge in [0.1, 0.15) is 0 Å². The van der Waals surface area contributed by atoms with Crippen LogP contribution in [0.4, 0.5) is 0 Å². The van der Waals surface area contributed by atoms with Crippen molar-refractivity contribution in [1.29, 1.82) is 0 Å². The first-order chi connectivity index (χ1) is 6.55. The Kier molecular flexibility index (Phi) is 4.91. The minimum atomic E-state index is -1.43. The fourth-order valence-corrected chi connectivity index (χ4v) is 1.21. The number of aliphatic carboxylic acids is 1. The van der Waals surface area contributed by atoms with Crippen molar-refractivity contribution in [2.45, 2.75) is 26.7 Å². The third-order valence-electron chi connectivity index (χ3n) is 2.29. The van der Waals surface area contributed by atoms with Gasteiger partial charge in [-0.2, -0.15) is 0 Å². The lowest BCUT2D eigenvalue weighted by Crippen LogP contribution is -2.39. The van der Waals surface area contributed by atoms with Crippen LogP contribution in [-0.2, 0) is 14.3 Å². The minimum Gasteiger partial charge on any atom is -0.480 e.